The Morgan fingerprint density at radius 2 is 1.79 bits per heavy atom. The van der Waals surface area contributed by atoms with Crippen LogP contribution in [-0.2, 0) is 9.59 Å². The maximum absolute atomic E-state index is 13.2. The van der Waals surface area contributed by atoms with E-state index in [1.54, 1.807) is 0 Å². The zero-order valence-electron chi connectivity index (χ0n) is 7.24. The van der Waals surface area contributed by atoms with Crippen molar-refractivity contribution in [2.45, 2.75) is 24.4 Å². The van der Waals surface area contributed by atoms with E-state index in [9.17, 15) is 14.0 Å². The Morgan fingerprint density at radius 1 is 1.29 bits per heavy atom. The Morgan fingerprint density at radius 3 is 2.21 bits per heavy atom. The SMILES string of the molecule is O=C(O)C1CCC(F)(Cl)CC1C(=O)O. The zero-order valence-corrected chi connectivity index (χ0v) is 8.00. The van der Waals surface area contributed by atoms with Crippen LogP contribution in [0.3, 0.4) is 0 Å². The van der Waals surface area contributed by atoms with Gasteiger partial charge in [-0.25, -0.2) is 4.39 Å². The van der Waals surface area contributed by atoms with Gasteiger partial charge in [-0.15, -0.1) is 0 Å². The molecule has 0 spiro atoms. The van der Waals surface area contributed by atoms with Crippen LogP contribution in [0.5, 0.6) is 0 Å². The van der Waals surface area contributed by atoms with E-state index in [4.69, 9.17) is 21.8 Å². The molecule has 0 aromatic rings. The number of halogens is 2. The first-order valence-electron chi connectivity index (χ1n) is 4.17. The van der Waals surface area contributed by atoms with E-state index in [0.717, 1.165) is 0 Å². The molecule has 1 aliphatic carbocycles. The minimum Gasteiger partial charge on any atom is -0.481 e. The van der Waals surface area contributed by atoms with Gasteiger partial charge in [0.15, 0.2) is 5.13 Å². The first-order valence-corrected chi connectivity index (χ1v) is 4.55. The predicted molar refractivity (Wildman–Crippen MR) is 45.8 cm³/mol. The Hall–Kier alpha value is -0.840. The van der Waals surface area contributed by atoms with E-state index in [0.29, 0.717) is 0 Å². The molecule has 0 heterocycles. The van der Waals surface area contributed by atoms with Crippen LogP contribution in [-0.4, -0.2) is 27.3 Å². The largest absolute Gasteiger partial charge is 0.481 e. The van der Waals surface area contributed by atoms with Crippen molar-refractivity contribution >= 4 is 23.5 Å². The highest BCUT2D eigenvalue weighted by Crippen LogP contribution is 2.41. The molecule has 0 amide bonds. The minimum absolute atomic E-state index is 0.0354. The molecule has 80 valence electrons. The molecule has 1 rings (SSSR count). The highest BCUT2D eigenvalue weighted by atomic mass is 35.5. The number of alkyl halides is 2. The Balaban J connectivity index is 2.81. The Kier molecular flexibility index (Phi) is 2.99. The summed E-state index contributed by atoms with van der Waals surface area (Å²) in [5.41, 5.74) is 0. The van der Waals surface area contributed by atoms with Gasteiger partial charge >= 0.3 is 11.9 Å². The minimum atomic E-state index is -2.07. The normalized spacial score (nSPS) is 37.9. The summed E-state index contributed by atoms with van der Waals surface area (Å²) in [6.07, 6.45) is -0.595. The average Bonchev–Trinajstić information content (AvgIpc) is 2.01. The molecule has 1 aliphatic rings. The maximum atomic E-state index is 13.2. The highest BCUT2D eigenvalue weighted by molar-refractivity contribution is 6.23. The van der Waals surface area contributed by atoms with E-state index in [1.807, 2.05) is 0 Å². The number of hydrogen-bond acceptors (Lipinski definition) is 2. The first-order chi connectivity index (χ1) is 6.33. The van der Waals surface area contributed by atoms with Crippen LogP contribution in [0.2, 0.25) is 0 Å². The molecule has 4 nitrogen and oxygen atoms in total. The van der Waals surface area contributed by atoms with Gasteiger partial charge in [-0.3, -0.25) is 9.59 Å². The van der Waals surface area contributed by atoms with Crippen molar-refractivity contribution in [1.29, 1.82) is 0 Å². The summed E-state index contributed by atoms with van der Waals surface area (Å²) in [5, 5.41) is 15.3. The van der Waals surface area contributed by atoms with Crippen LogP contribution in [0.15, 0.2) is 0 Å². The van der Waals surface area contributed by atoms with Gasteiger partial charge in [0.2, 0.25) is 0 Å². The van der Waals surface area contributed by atoms with E-state index < -0.39 is 35.3 Å². The fourth-order valence-electron chi connectivity index (χ4n) is 1.69. The molecular weight excluding hydrogens is 215 g/mol. The van der Waals surface area contributed by atoms with Crippen molar-refractivity contribution in [1.82, 2.24) is 0 Å². The lowest BCUT2D eigenvalue weighted by atomic mass is 9.78. The molecule has 0 bridgehead atoms. The molecule has 0 saturated heterocycles. The van der Waals surface area contributed by atoms with Gasteiger partial charge in [0.05, 0.1) is 11.8 Å². The summed E-state index contributed by atoms with van der Waals surface area (Å²) in [5.74, 6) is -4.77. The van der Waals surface area contributed by atoms with Gasteiger partial charge in [-0.2, -0.15) is 0 Å². The second-order valence-corrected chi connectivity index (χ2v) is 4.17. The fourth-order valence-corrected chi connectivity index (χ4v) is 1.96. The van der Waals surface area contributed by atoms with Crippen molar-refractivity contribution in [3.05, 3.63) is 0 Å². The van der Waals surface area contributed by atoms with Gasteiger partial charge < -0.3 is 10.2 Å². The molecule has 1 saturated carbocycles. The van der Waals surface area contributed by atoms with E-state index in [1.165, 1.54) is 0 Å². The molecule has 3 atom stereocenters. The smallest absolute Gasteiger partial charge is 0.307 e. The van der Waals surface area contributed by atoms with Gasteiger partial charge in [0.1, 0.15) is 0 Å². The van der Waals surface area contributed by atoms with Crippen LogP contribution in [0.4, 0.5) is 4.39 Å². The quantitative estimate of drug-likeness (QED) is 0.697. The molecule has 2 N–H and O–H groups in total. The van der Waals surface area contributed by atoms with Crippen LogP contribution in [0.1, 0.15) is 19.3 Å². The summed E-state index contributed by atoms with van der Waals surface area (Å²) in [6.45, 7) is 0. The molecule has 0 radical (unpaired) electrons. The third kappa shape index (κ3) is 2.35. The summed E-state index contributed by atoms with van der Waals surface area (Å²) >= 11 is 5.36. The number of hydrogen-bond donors (Lipinski definition) is 2. The molecule has 0 aromatic carbocycles. The van der Waals surface area contributed by atoms with Gasteiger partial charge in [0.25, 0.3) is 0 Å². The predicted octanol–water partition coefficient (Wildman–Crippen LogP) is 1.48. The lowest BCUT2D eigenvalue weighted by Gasteiger charge is -2.32. The van der Waals surface area contributed by atoms with E-state index in [2.05, 4.69) is 0 Å². The van der Waals surface area contributed by atoms with Crippen molar-refractivity contribution in [2.75, 3.05) is 0 Å². The van der Waals surface area contributed by atoms with Crippen molar-refractivity contribution in [2.24, 2.45) is 11.8 Å². The second-order valence-electron chi connectivity index (χ2n) is 3.49. The number of aliphatic carboxylic acids is 2. The van der Waals surface area contributed by atoms with Crippen LogP contribution < -0.4 is 0 Å². The fraction of sp³-hybridized carbons (Fsp3) is 0.750. The second kappa shape index (κ2) is 3.73. The molecule has 14 heavy (non-hydrogen) atoms. The summed E-state index contributed by atoms with van der Waals surface area (Å²) in [4.78, 5) is 21.3. The van der Waals surface area contributed by atoms with Crippen molar-refractivity contribution < 1.29 is 24.2 Å². The topological polar surface area (TPSA) is 74.6 Å². The molecule has 6 heteroatoms. The van der Waals surface area contributed by atoms with Gasteiger partial charge in [-0.1, -0.05) is 11.6 Å². The molecule has 0 aromatic heterocycles. The van der Waals surface area contributed by atoms with Crippen molar-refractivity contribution in [3.63, 3.8) is 0 Å². The number of carboxylic acid groups (broad SMARTS) is 2. The first kappa shape index (κ1) is 11.2. The molecular formula is C8H10ClFO4. The molecule has 0 aliphatic heterocycles. The monoisotopic (exact) mass is 224 g/mol. The Bertz CT molecular complexity index is 266. The lowest BCUT2D eigenvalue weighted by molar-refractivity contribution is -0.157. The van der Waals surface area contributed by atoms with Crippen LogP contribution >= 0.6 is 11.6 Å². The lowest BCUT2D eigenvalue weighted by Crippen LogP contribution is -2.39. The van der Waals surface area contributed by atoms with Crippen LogP contribution in [0, 0.1) is 11.8 Å². The van der Waals surface area contributed by atoms with Crippen LogP contribution in [0.25, 0.3) is 0 Å². The standard InChI is InChI=1S/C8H10ClFO4/c9-8(10)2-1-4(6(11)12)5(3-8)7(13)14/h4-5H,1-3H2,(H,11,12)(H,13,14). The number of rotatable bonds is 2. The zero-order chi connectivity index (χ0) is 10.9. The van der Waals surface area contributed by atoms with E-state index >= 15 is 0 Å². The summed E-state index contributed by atoms with van der Waals surface area (Å²) in [7, 11) is 0. The highest BCUT2D eigenvalue weighted by Gasteiger charge is 2.46. The summed E-state index contributed by atoms with van der Waals surface area (Å²) < 4.78 is 13.2. The molecule has 3 unspecified atom stereocenters. The number of carboxylic acids is 2. The van der Waals surface area contributed by atoms with Gasteiger partial charge in [0, 0.05) is 6.42 Å². The third-order valence-electron chi connectivity index (χ3n) is 2.46. The maximum Gasteiger partial charge on any atom is 0.307 e. The third-order valence-corrected chi connectivity index (χ3v) is 2.80. The van der Waals surface area contributed by atoms with E-state index in [-0.39, 0.29) is 12.8 Å². The van der Waals surface area contributed by atoms with Gasteiger partial charge in [-0.05, 0) is 12.8 Å². The van der Waals surface area contributed by atoms with Crippen molar-refractivity contribution in [3.8, 4) is 0 Å². The summed E-state index contributed by atoms with van der Waals surface area (Å²) in [6, 6.07) is 0. The molecule has 1 fully saturated rings. The average molecular weight is 225 g/mol. The Labute approximate surface area is 84.7 Å². The number of carbonyl (C=O) groups is 2.